The second-order valence-electron chi connectivity index (χ2n) is 8.20. The summed E-state index contributed by atoms with van der Waals surface area (Å²) in [6.07, 6.45) is -1.94. The van der Waals surface area contributed by atoms with E-state index >= 15 is 0 Å². The van der Waals surface area contributed by atoms with Gasteiger partial charge in [0.1, 0.15) is 18.5 Å². The van der Waals surface area contributed by atoms with Gasteiger partial charge in [0.25, 0.3) is 0 Å². The fourth-order valence-electron chi connectivity index (χ4n) is 3.43. The number of carbonyl (C=O) groups is 2. The highest BCUT2D eigenvalue weighted by molar-refractivity contribution is 5.91. The molecule has 1 aromatic rings. The van der Waals surface area contributed by atoms with Gasteiger partial charge in [-0.05, 0) is 18.9 Å². The molecule has 0 aliphatic carbocycles. The van der Waals surface area contributed by atoms with Crippen LogP contribution in [-0.2, 0) is 19.1 Å². The van der Waals surface area contributed by atoms with Crippen molar-refractivity contribution in [2.24, 2.45) is 11.8 Å². The zero-order valence-electron chi connectivity index (χ0n) is 18.7. The minimum absolute atomic E-state index is 0.0577. The highest BCUT2D eigenvalue weighted by Crippen LogP contribution is 2.42. The molecule has 0 unspecified atom stereocenters. The topological polar surface area (TPSA) is 120 Å². The van der Waals surface area contributed by atoms with E-state index in [2.05, 4.69) is 10.3 Å². The molecule has 2 rings (SSSR count). The summed E-state index contributed by atoms with van der Waals surface area (Å²) < 4.78 is 39.8. The number of hydrogen-bond acceptors (Lipinski definition) is 7. The lowest BCUT2D eigenvalue weighted by Crippen LogP contribution is -2.42. The number of anilines is 1. The summed E-state index contributed by atoms with van der Waals surface area (Å²) in [4.78, 5) is 40.1. The molecule has 32 heavy (non-hydrogen) atoms. The van der Waals surface area contributed by atoms with Gasteiger partial charge in [-0.3, -0.25) is 14.2 Å². The first-order chi connectivity index (χ1) is 15.0. The lowest BCUT2D eigenvalue weighted by molar-refractivity contribution is -0.154. The summed E-state index contributed by atoms with van der Waals surface area (Å²) >= 11 is 0. The van der Waals surface area contributed by atoms with Crippen molar-refractivity contribution in [1.82, 2.24) is 9.55 Å². The van der Waals surface area contributed by atoms with Crippen molar-refractivity contribution in [3.63, 3.8) is 0 Å². The van der Waals surface area contributed by atoms with Gasteiger partial charge in [0.05, 0.1) is 5.92 Å². The van der Waals surface area contributed by atoms with Gasteiger partial charge >= 0.3 is 17.6 Å². The fourth-order valence-corrected chi connectivity index (χ4v) is 3.43. The number of carbonyl (C=O) groups excluding carboxylic acids is 2. The van der Waals surface area contributed by atoms with Crippen LogP contribution in [0.15, 0.2) is 17.1 Å². The van der Waals surface area contributed by atoms with Gasteiger partial charge < -0.3 is 19.9 Å². The van der Waals surface area contributed by atoms with E-state index in [1.165, 1.54) is 6.07 Å². The minimum atomic E-state index is -3.83. The molecule has 0 aromatic carbocycles. The number of amides is 1. The second kappa shape index (κ2) is 11.0. The Labute approximate surface area is 185 Å². The number of nitrogens with one attached hydrogen (secondary N) is 1. The largest absolute Gasteiger partial charge is 0.463 e. The van der Waals surface area contributed by atoms with Crippen LogP contribution in [0.2, 0.25) is 0 Å². The number of ether oxygens (including phenoxy) is 2. The number of aliphatic hydroxyl groups is 1. The number of hydrogen-bond donors (Lipinski definition) is 2. The lowest BCUT2D eigenvalue weighted by Gasteiger charge is -2.21. The maximum atomic E-state index is 14.6. The van der Waals surface area contributed by atoms with Crippen molar-refractivity contribution >= 4 is 17.7 Å². The van der Waals surface area contributed by atoms with Crippen LogP contribution in [0.5, 0.6) is 0 Å². The minimum Gasteiger partial charge on any atom is -0.463 e. The van der Waals surface area contributed by atoms with E-state index in [1.807, 2.05) is 13.8 Å². The van der Waals surface area contributed by atoms with E-state index in [0.717, 1.165) is 19.0 Å². The zero-order valence-corrected chi connectivity index (χ0v) is 18.7. The number of alkyl halides is 2. The number of rotatable bonds is 10. The van der Waals surface area contributed by atoms with Crippen LogP contribution in [0.25, 0.3) is 0 Å². The van der Waals surface area contributed by atoms with Gasteiger partial charge in [0.2, 0.25) is 12.1 Å². The van der Waals surface area contributed by atoms with E-state index in [0.29, 0.717) is 17.4 Å². The summed E-state index contributed by atoms with van der Waals surface area (Å²) in [7, 11) is 0. The number of aliphatic hydroxyl groups excluding tert-OH is 1. The van der Waals surface area contributed by atoms with Gasteiger partial charge in [-0.1, -0.05) is 40.5 Å². The predicted molar refractivity (Wildman–Crippen MR) is 111 cm³/mol. The van der Waals surface area contributed by atoms with Crippen LogP contribution in [0, 0.1) is 11.8 Å². The van der Waals surface area contributed by atoms with E-state index < -0.39 is 48.5 Å². The second-order valence-corrected chi connectivity index (χ2v) is 8.20. The average molecular weight is 459 g/mol. The van der Waals surface area contributed by atoms with Crippen LogP contribution < -0.4 is 11.0 Å². The van der Waals surface area contributed by atoms with Crippen LogP contribution in [0.3, 0.4) is 0 Å². The molecule has 2 heterocycles. The summed E-state index contributed by atoms with van der Waals surface area (Å²) in [5.74, 6) is -5.52. The molecule has 1 saturated heterocycles. The fraction of sp³-hybridized carbons (Fsp3) is 0.714. The average Bonchev–Trinajstić information content (AvgIpc) is 2.95. The summed E-state index contributed by atoms with van der Waals surface area (Å²) in [6.45, 7) is 6.48. The molecule has 180 valence electrons. The van der Waals surface area contributed by atoms with E-state index in [-0.39, 0.29) is 17.6 Å². The monoisotopic (exact) mass is 459 g/mol. The van der Waals surface area contributed by atoms with Crippen LogP contribution in [0.1, 0.15) is 59.6 Å². The van der Waals surface area contributed by atoms with Crippen LogP contribution in [-0.4, -0.2) is 51.3 Å². The zero-order chi connectivity index (χ0) is 24.1. The molecular weight excluding hydrogens is 428 g/mol. The Morgan fingerprint density at radius 3 is 2.47 bits per heavy atom. The van der Waals surface area contributed by atoms with Gasteiger partial charge in [0.15, 0.2) is 6.10 Å². The summed E-state index contributed by atoms with van der Waals surface area (Å²) in [6, 6.07) is 1.21. The Hall–Kier alpha value is -2.40. The van der Waals surface area contributed by atoms with Gasteiger partial charge in [-0.2, -0.15) is 13.8 Å². The molecule has 1 aliphatic heterocycles. The highest BCUT2D eigenvalue weighted by Gasteiger charge is 2.60. The normalized spacial score (nSPS) is 22.3. The lowest BCUT2D eigenvalue weighted by atomic mass is 9.97. The smallest absolute Gasteiger partial charge is 0.351 e. The van der Waals surface area contributed by atoms with Crippen LogP contribution in [0.4, 0.5) is 14.6 Å². The molecule has 0 saturated carbocycles. The number of halogens is 2. The Balaban J connectivity index is 2.15. The SMILES string of the molecule is CCCC(CCC)C(=O)Nc1ccn([C@@H]2O[C@H](COC(=O)C(C)C)[C@@H](O)C2(F)F)c(=O)n1. The molecule has 11 heteroatoms. The quantitative estimate of drug-likeness (QED) is 0.516. The Kier molecular flexibility index (Phi) is 8.85. The van der Waals surface area contributed by atoms with Crippen molar-refractivity contribution in [2.75, 3.05) is 11.9 Å². The van der Waals surface area contributed by atoms with Gasteiger partial charge in [-0.15, -0.1) is 0 Å². The Morgan fingerprint density at radius 2 is 1.94 bits per heavy atom. The molecule has 1 fully saturated rings. The molecular formula is C21H31F2N3O6. The molecule has 0 bridgehead atoms. The number of aromatic nitrogens is 2. The third-order valence-electron chi connectivity index (χ3n) is 5.22. The first-order valence-electron chi connectivity index (χ1n) is 10.8. The summed E-state index contributed by atoms with van der Waals surface area (Å²) in [5, 5.41) is 12.5. The molecule has 9 nitrogen and oxygen atoms in total. The molecule has 3 atom stereocenters. The first-order valence-corrected chi connectivity index (χ1v) is 10.8. The molecule has 0 spiro atoms. The van der Waals surface area contributed by atoms with Crippen molar-refractivity contribution < 1.29 is 33.0 Å². The molecule has 1 aliphatic rings. The van der Waals surface area contributed by atoms with E-state index in [4.69, 9.17) is 9.47 Å². The first kappa shape index (κ1) is 25.9. The Bertz CT molecular complexity index is 854. The third-order valence-corrected chi connectivity index (χ3v) is 5.22. The molecule has 2 N–H and O–H groups in total. The van der Waals surface area contributed by atoms with Crippen molar-refractivity contribution in [3.05, 3.63) is 22.7 Å². The maximum Gasteiger partial charge on any atom is 0.351 e. The molecule has 0 radical (unpaired) electrons. The van der Waals surface area contributed by atoms with Gasteiger partial charge in [-0.25, -0.2) is 4.79 Å². The Morgan fingerprint density at radius 1 is 1.31 bits per heavy atom. The van der Waals surface area contributed by atoms with Crippen LogP contribution >= 0.6 is 0 Å². The maximum absolute atomic E-state index is 14.6. The molecule has 1 amide bonds. The standard InChI is InChI=1S/C21H31F2N3O6/c1-5-7-13(8-6-2)17(28)24-15-9-10-26(20(30)25-15)19-21(22,23)16(27)14(32-19)11-31-18(29)12(3)4/h9-10,12-14,16,19,27H,5-8,11H2,1-4H3,(H,24,25,28,30)/t14-,16-,19-/m1/s1. The van der Waals surface area contributed by atoms with E-state index in [1.54, 1.807) is 13.8 Å². The van der Waals surface area contributed by atoms with Crippen molar-refractivity contribution in [3.8, 4) is 0 Å². The predicted octanol–water partition coefficient (Wildman–Crippen LogP) is 2.49. The summed E-state index contributed by atoms with van der Waals surface area (Å²) in [5.41, 5.74) is -1.08. The molecule has 1 aromatic heterocycles. The van der Waals surface area contributed by atoms with Crippen molar-refractivity contribution in [1.29, 1.82) is 0 Å². The van der Waals surface area contributed by atoms with Gasteiger partial charge in [0, 0.05) is 12.1 Å². The van der Waals surface area contributed by atoms with E-state index in [9.17, 15) is 28.3 Å². The number of nitrogens with zero attached hydrogens (tertiary/aromatic N) is 2. The highest BCUT2D eigenvalue weighted by atomic mass is 19.3. The van der Waals surface area contributed by atoms with Crippen molar-refractivity contribution in [2.45, 2.75) is 77.7 Å². The third kappa shape index (κ3) is 5.89. The number of esters is 1.